The second-order valence-corrected chi connectivity index (χ2v) is 10.7. The van der Waals surface area contributed by atoms with E-state index >= 15 is 0 Å². The molecule has 0 N–H and O–H groups in total. The quantitative estimate of drug-likeness (QED) is 0.641. The largest absolute Gasteiger partial charge is 0.486 e. The van der Waals surface area contributed by atoms with Crippen molar-refractivity contribution in [3.05, 3.63) is 53.8 Å². The lowest BCUT2D eigenvalue weighted by Crippen LogP contribution is -2.51. The fourth-order valence-electron chi connectivity index (χ4n) is 4.87. The standard InChI is InChI=1S/C24H28FN3O5S/c25-19-3-1-4-20(16-19)34(30,31)27-11-9-26(10-12-27)17-24(29)28-8-2-5-21(28)18-6-7-22-23(15-18)33-14-13-32-22/h1,3-4,6-7,15-16,21H,2,5,8-14,17H2. The highest BCUT2D eigenvalue weighted by Crippen LogP contribution is 2.38. The van der Waals surface area contributed by atoms with E-state index in [1.807, 2.05) is 28.0 Å². The molecular formula is C24H28FN3O5S. The zero-order valence-corrected chi connectivity index (χ0v) is 19.7. The summed E-state index contributed by atoms with van der Waals surface area (Å²) in [5.41, 5.74) is 1.04. The zero-order valence-electron chi connectivity index (χ0n) is 18.9. The van der Waals surface area contributed by atoms with Crippen LogP contribution < -0.4 is 9.47 Å². The van der Waals surface area contributed by atoms with Gasteiger partial charge in [0.05, 0.1) is 17.5 Å². The number of fused-ring (bicyclic) bond motifs is 1. The lowest BCUT2D eigenvalue weighted by atomic mass is 10.0. The van der Waals surface area contributed by atoms with E-state index in [1.165, 1.54) is 22.5 Å². The summed E-state index contributed by atoms with van der Waals surface area (Å²) in [7, 11) is -3.76. The highest BCUT2D eigenvalue weighted by Gasteiger charge is 2.34. The van der Waals surface area contributed by atoms with Gasteiger partial charge in [0.2, 0.25) is 15.9 Å². The Labute approximate surface area is 198 Å². The van der Waals surface area contributed by atoms with E-state index in [0.717, 1.165) is 36.0 Å². The molecule has 1 amide bonds. The van der Waals surface area contributed by atoms with Crippen LogP contribution in [0, 0.1) is 5.82 Å². The number of rotatable bonds is 5. The minimum absolute atomic E-state index is 0.00188. The molecule has 1 unspecified atom stereocenters. The molecule has 2 fully saturated rings. The SMILES string of the molecule is O=C(CN1CCN(S(=O)(=O)c2cccc(F)c2)CC1)N1CCCC1c1ccc2c(c1)OCCO2. The van der Waals surface area contributed by atoms with Gasteiger partial charge in [0.15, 0.2) is 11.5 Å². The van der Waals surface area contributed by atoms with Gasteiger partial charge in [-0.2, -0.15) is 4.31 Å². The van der Waals surface area contributed by atoms with Crippen molar-refractivity contribution in [3.63, 3.8) is 0 Å². The number of carbonyl (C=O) groups is 1. The molecule has 0 aromatic heterocycles. The average Bonchev–Trinajstić information content (AvgIpc) is 3.34. The summed E-state index contributed by atoms with van der Waals surface area (Å²) < 4.78 is 51.8. The maximum atomic E-state index is 13.5. The normalized spacial score (nSPS) is 21.6. The molecule has 0 aliphatic carbocycles. The van der Waals surface area contributed by atoms with Crippen LogP contribution in [0.2, 0.25) is 0 Å². The van der Waals surface area contributed by atoms with Crippen molar-refractivity contribution in [2.75, 3.05) is 52.5 Å². The van der Waals surface area contributed by atoms with Gasteiger partial charge in [-0.05, 0) is 48.7 Å². The Morgan fingerprint density at radius 1 is 0.971 bits per heavy atom. The Morgan fingerprint density at radius 3 is 2.50 bits per heavy atom. The second-order valence-electron chi connectivity index (χ2n) is 8.79. The first-order valence-corrected chi connectivity index (χ1v) is 13.0. The van der Waals surface area contributed by atoms with Crippen LogP contribution in [0.25, 0.3) is 0 Å². The summed E-state index contributed by atoms with van der Waals surface area (Å²) in [6, 6.07) is 10.9. The molecule has 0 spiro atoms. The van der Waals surface area contributed by atoms with Crippen molar-refractivity contribution >= 4 is 15.9 Å². The molecule has 3 aliphatic rings. The predicted octanol–water partition coefficient (Wildman–Crippen LogP) is 2.27. The Hall–Kier alpha value is -2.69. The van der Waals surface area contributed by atoms with Gasteiger partial charge in [0, 0.05) is 32.7 Å². The van der Waals surface area contributed by atoms with E-state index in [2.05, 4.69) is 0 Å². The van der Waals surface area contributed by atoms with Crippen LogP contribution in [-0.2, 0) is 14.8 Å². The van der Waals surface area contributed by atoms with E-state index in [9.17, 15) is 17.6 Å². The van der Waals surface area contributed by atoms with Crippen LogP contribution in [0.4, 0.5) is 4.39 Å². The summed E-state index contributed by atoms with van der Waals surface area (Å²) in [6.07, 6.45) is 1.83. The van der Waals surface area contributed by atoms with E-state index in [0.29, 0.717) is 32.8 Å². The Bertz CT molecular complexity index is 1170. The summed E-state index contributed by atoms with van der Waals surface area (Å²) in [6.45, 7) is 3.42. The third kappa shape index (κ3) is 4.62. The van der Waals surface area contributed by atoms with Gasteiger partial charge >= 0.3 is 0 Å². The number of sulfonamides is 1. The number of hydrogen-bond acceptors (Lipinski definition) is 6. The second kappa shape index (κ2) is 9.52. The first kappa shape index (κ1) is 23.1. The summed E-state index contributed by atoms with van der Waals surface area (Å²) in [4.78, 5) is 17.0. The molecule has 182 valence electrons. The number of benzene rings is 2. The number of ether oxygens (including phenoxy) is 2. The van der Waals surface area contributed by atoms with Gasteiger partial charge in [0.1, 0.15) is 19.0 Å². The number of likely N-dealkylation sites (tertiary alicyclic amines) is 1. The molecule has 3 heterocycles. The van der Waals surface area contributed by atoms with Crippen LogP contribution >= 0.6 is 0 Å². The third-order valence-corrected chi connectivity index (χ3v) is 8.54. The molecule has 2 aromatic rings. The topological polar surface area (TPSA) is 79.4 Å². The summed E-state index contributed by atoms with van der Waals surface area (Å²) >= 11 is 0. The highest BCUT2D eigenvalue weighted by molar-refractivity contribution is 7.89. The molecule has 5 rings (SSSR count). The van der Waals surface area contributed by atoms with Gasteiger partial charge in [-0.3, -0.25) is 9.69 Å². The molecule has 2 saturated heterocycles. The number of hydrogen-bond donors (Lipinski definition) is 0. The molecule has 34 heavy (non-hydrogen) atoms. The fraction of sp³-hybridized carbons (Fsp3) is 0.458. The van der Waals surface area contributed by atoms with Gasteiger partial charge < -0.3 is 14.4 Å². The number of nitrogens with zero attached hydrogens (tertiary/aromatic N) is 3. The van der Waals surface area contributed by atoms with Crippen LogP contribution in [-0.4, -0.2) is 80.9 Å². The summed E-state index contributed by atoms with van der Waals surface area (Å²) in [5, 5.41) is 0. The molecule has 1 atom stereocenters. The molecule has 2 aromatic carbocycles. The highest BCUT2D eigenvalue weighted by atomic mass is 32.2. The van der Waals surface area contributed by atoms with Gasteiger partial charge in [-0.1, -0.05) is 12.1 Å². The van der Waals surface area contributed by atoms with Crippen molar-refractivity contribution in [1.82, 2.24) is 14.1 Å². The van der Waals surface area contributed by atoms with E-state index in [-0.39, 0.29) is 36.5 Å². The van der Waals surface area contributed by atoms with Crippen LogP contribution in [0.1, 0.15) is 24.4 Å². The molecule has 10 heteroatoms. The maximum Gasteiger partial charge on any atom is 0.243 e. The molecule has 3 aliphatic heterocycles. The lowest BCUT2D eigenvalue weighted by Gasteiger charge is -2.35. The van der Waals surface area contributed by atoms with Gasteiger partial charge in [-0.15, -0.1) is 0 Å². The van der Waals surface area contributed by atoms with Crippen LogP contribution in [0.3, 0.4) is 0 Å². The average molecular weight is 490 g/mol. The Balaban J connectivity index is 1.20. The zero-order chi connectivity index (χ0) is 23.7. The Morgan fingerprint density at radius 2 is 1.74 bits per heavy atom. The maximum absolute atomic E-state index is 13.5. The monoisotopic (exact) mass is 489 g/mol. The van der Waals surface area contributed by atoms with Gasteiger partial charge in [0.25, 0.3) is 0 Å². The fourth-order valence-corrected chi connectivity index (χ4v) is 6.32. The first-order chi connectivity index (χ1) is 16.4. The minimum atomic E-state index is -3.76. The number of piperazine rings is 1. The smallest absolute Gasteiger partial charge is 0.243 e. The molecule has 0 bridgehead atoms. The van der Waals surface area contributed by atoms with Crippen molar-refractivity contribution < 1.29 is 27.1 Å². The van der Waals surface area contributed by atoms with Crippen molar-refractivity contribution in [1.29, 1.82) is 0 Å². The van der Waals surface area contributed by atoms with Crippen LogP contribution in [0.15, 0.2) is 47.4 Å². The minimum Gasteiger partial charge on any atom is -0.486 e. The van der Waals surface area contributed by atoms with E-state index in [4.69, 9.17) is 9.47 Å². The van der Waals surface area contributed by atoms with Crippen LogP contribution in [0.5, 0.6) is 11.5 Å². The van der Waals surface area contributed by atoms with Crippen molar-refractivity contribution in [2.45, 2.75) is 23.8 Å². The number of carbonyl (C=O) groups excluding carboxylic acids is 1. The molecule has 0 saturated carbocycles. The lowest BCUT2D eigenvalue weighted by molar-refractivity contribution is -0.133. The molecule has 8 nitrogen and oxygen atoms in total. The Kier molecular flexibility index (Phi) is 6.46. The molecular weight excluding hydrogens is 461 g/mol. The predicted molar refractivity (Wildman–Crippen MR) is 123 cm³/mol. The van der Waals surface area contributed by atoms with E-state index in [1.54, 1.807) is 0 Å². The molecule has 0 radical (unpaired) electrons. The number of halogens is 1. The first-order valence-electron chi connectivity index (χ1n) is 11.6. The number of amides is 1. The van der Waals surface area contributed by atoms with E-state index < -0.39 is 15.8 Å². The van der Waals surface area contributed by atoms with Crippen molar-refractivity contribution in [2.24, 2.45) is 0 Å². The third-order valence-electron chi connectivity index (χ3n) is 6.65. The van der Waals surface area contributed by atoms with Crippen molar-refractivity contribution in [3.8, 4) is 11.5 Å². The van der Waals surface area contributed by atoms with Gasteiger partial charge in [-0.25, -0.2) is 12.8 Å². The summed E-state index contributed by atoms with van der Waals surface area (Å²) in [5.74, 6) is 0.915.